The number of methoxy groups -OCH3 is 1. The van der Waals surface area contributed by atoms with Gasteiger partial charge >= 0.3 is 5.97 Å². The maximum absolute atomic E-state index is 11.5. The molecule has 1 N–H and O–H groups in total. The summed E-state index contributed by atoms with van der Waals surface area (Å²) in [5.74, 6) is -0.0910. The summed E-state index contributed by atoms with van der Waals surface area (Å²) < 4.78 is 4.54. The summed E-state index contributed by atoms with van der Waals surface area (Å²) in [7, 11) is 1.38. The van der Waals surface area contributed by atoms with Crippen LogP contribution in [0.15, 0.2) is 12.2 Å². The lowest BCUT2D eigenvalue weighted by atomic mass is 10.2. The number of rotatable bonds is 7. The van der Waals surface area contributed by atoms with Gasteiger partial charge in [0.15, 0.2) is 0 Å². The van der Waals surface area contributed by atoms with Gasteiger partial charge in [-0.3, -0.25) is 9.59 Å². The Bertz CT molecular complexity index is 314. The Labute approximate surface area is 107 Å². The molecule has 0 radical (unpaired) electrons. The van der Waals surface area contributed by atoms with E-state index in [0.29, 0.717) is 19.4 Å². The van der Waals surface area contributed by atoms with Crippen LogP contribution in [0.3, 0.4) is 0 Å². The van der Waals surface area contributed by atoms with Gasteiger partial charge in [0.2, 0.25) is 5.91 Å². The first kappa shape index (κ1) is 14.7. The molecule has 0 saturated carbocycles. The van der Waals surface area contributed by atoms with Gasteiger partial charge in [-0.15, -0.1) is 0 Å². The van der Waals surface area contributed by atoms with Crippen LogP contribution >= 0.6 is 0 Å². The van der Waals surface area contributed by atoms with Crippen molar-refractivity contribution in [3.63, 3.8) is 0 Å². The molecule has 1 rings (SSSR count). The molecule has 5 nitrogen and oxygen atoms in total. The van der Waals surface area contributed by atoms with Crippen LogP contribution in [0.4, 0.5) is 0 Å². The predicted molar refractivity (Wildman–Crippen MR) is 66.8 cm³/mol. The number of likely N-dealkylation sites (tertiary alicyclic amines) is 1. The third-order valence-corrected chi connectivity index (χ3v) is 3.11. The molecular weight excluding hydrogens is 234 g/mol. The van der Waals surface area contributed by atoms with E-state index in [1.54, 1.807) is 4.90 Å². The average molecular weight is 255 g/mol. The first-order valence-electron chi connectivity index (χ1n) is 6.31. The standard InChI is InChI=1S/C13H21NO4/c1-18-13(17)6-4-2-3-5-9-14-11(10-15)7-8-12(14)16/h3,5,11,15H,2,4,6-10H2,1H3/b5-3-. The molecule has 0 aliphatic carbocycles. The van der Waals surface area contributed by atoms with Gasteiger partial charge in [0.05, 0.1) is 19.8 Å². The summed E-state index contributed by atoms with van der Waals surface area (Å²) >= 11 is 0. The Morgan fingerprint density at radius 1 is 1.56 bits per heavy atom. The summed E-state index contributed by atoms with van der Waals surface area (Å²) in [6, 6.07) is -0.0304. The molecule has 1 saturated heterocycles. The molecule has 102 valence electrons. The number of hydrogen-bond acceptors (Lipinski definition) is 4. The van der Waals surface area contributed by atoms with Gasteiger partial charge in [-0.05, 0) is 19.3 Å². The van der Waals surface area contributed by atoms with E-state index in [4.69, 9.17) is 5.11 Å². The number of aliphatic hydroxyl groups is 1. The highest BCUT2D eigenvalue weighted by atomic mass is 16.5. The van der Waals surface area contributed by atoms with Gasteiger partial charge in [0.1, 0.15) is 0 Å². The molecule has 18 heavy (non-hydrogen) atoms. The molecule has 0 aromatic rings. The minimum atomic E-state index is -0.196. The lowest BCUT2D eigenvalue weighted by Crippen LogP contribution is -2.35. The fraction of sp³-hybridized carbons (Fsp3) is 0.692. The number of hydrogen-bond donors (Lipinski definition) is 1. The zero-order valence-electron chi connectivity index (χ0n) is 10.8. The largest absolute Gasteiger partial charge is 0.469 e. The maximum atomic E-state index is 11.5. The molecule has 1 aliphatic heterocycles. The Balaban J connectivity index is 2.19. The SMILES string of the molecule is COC(=O)CCC/C=C\CN1C(=O)CCC1CO. The summed E-state index contributed by atoms with van der Waals surface area (Å²) in [6.07, 6.45) is 7.11. The van der Waals surface area contributed by atoms with Crippen molar-refractivity contribution in [1.82, 2.24) is 4.90 Å². The number of ether oxygens (including phenoxy) is 1. The number of aliphatic hydroxyl groups excluding tert-OH is 1. The summed E-state index contributed by atoms with van der Waals surface area (Å²) in [5.41, 5.74) is 0. The molecule has 0 spiro atoms. The van der Waals surface area contributed by atoms with Crippen LogP contribution in [0.2, 0.25) is 0 Å². The van der Waals surface area contributed by atoms with E-state index in [-0.39, 0.29) is 24.5 Å². The summed E-state index contributed by atoms with van der Waals surface area (Å²) in [6.45, 7) is 0.574. The van der Waals surface area contributed by atoms with Crippen LogP contribution in [-0.2, 0) is 14.3 Å². The molecule has 0 aromatic heterocycles. The number of nitrogens with zero attached hydrogens (tertiary/aromatic N) is 1. The van der Waals surface area contributed by atoms with Gasteiger partial charge in [0.25, 0.3) is 0 Å². The highest BCUT2D eigenvalue weighted by molar-refractivity contribution is 5.78. The minimum absolute atomic E-state index is 0.0297. The lowest BCUT2D eigenvalue weighted by molar-refractivity contribution is -0.140. The molecule has 1 amide bonds. The van der Waals surface area contributed by atoms with Crippen molar-refractivity contribution >= 4 is 11.9 Å². The Kier molecular flexibility index (Phi) is 6.43. The molecule has 5 heteroatoms. The first-order valence-corrected chi connectivity index (χ1v) is 6.31. The zero-order chi connectivity index (χ0) is 13.4. The molecule has 1 aliphatic rings. The second-order valence-corrected chi connectivity index (χ2v) is 4.36. The molecule has 1 fully saturated rings. The highest BCUT2D eigenvalue weighted by Crippen LogP contribution is 2.17. The molecule has 0 aromatic carbocycles. The van der Waals surface area contributed by atoms with Gasteiger partial charge in [-0.1, -0.05) is 12.2 Å². The molecule has 1 unspecified atom stereocenters. The normalized spacial score (nSPS) is 19.8. The van der Waals surface area contributed by atoms with E-state index in [0.717, 1.165) is 19.3 Å². The highest BCUT2D eigenvalue weighted by Gasteiger charge is 2.28. The van der Waals surface area contributed by atoms with Crippen LogP contribution in [0.25, 0.3) is 0 Å². The number of carbonyl (C=O) groups excluding carboxylic acids is 2. The van der Waals surface area contributed by atoms with Crippen molar-refractivity contribution in [2.45, 2.75) is 38.1 Å². The van der Waals surface area contributed by atoms with E-state index in [9.17, 15) is 9.59 Å². The second-order valence-electron chi connectivity index (χ2n) is 4.36. The van der Waals surface area contributed by atoms with Gasteiger partial charge in [0, 0.05) is 19.4 Å². The van der Waals surface area contributed by atoms with E-state index < -0.39 is 0 Å². The fourth-order valence-corrected chi connectivity index (χ4v) is 2.01. The maximum Gasteiger partial charge on any atom is 0.305 e. The topological polar surface area (TPSA) is 66.8 Å². The van der Waals surface area contributed by atoms with Crippen molar-refractivity contribution in [3.8, 4) is 0 Å². The minimum Gasteiger partial charge on any atom is -0.469 e. The van der Waals surface area contributed by atoms with E-state index >= 15 is 0 Å². The average Bonchev–Trinajstić information content (AvgIpc) is 2.74. The lowest BCUT2D eigenvalue weighted by Gasteiger charge is -2.21. The van der Waals surface area contributed by atoms with Crippen molar-refractivity contribution in [1.29, 1.82) is 0 Å². The second kappa shape index (κ2) is 7.87. The number of unbranched alkanes of at least 4 members (excludes halogenated alkanes) is 1. The van der Waals surface area contributed by atoms with Crippen LogP contribution in [-0.4, -0.2) is 48.2 Å². The van der Waals surface area contributed by atoms with Gasteiger partial charge in [-0.25, -0.2) is 0 Å². The Morgan fingerprint density at radius 3 is 3.00 bits per heavy atom. The summed E-state index contributed by atoms with van der Waals surface area (Å²) in [5, 5.41) is 9.11. The first-order chi connectivity index (χ1) is 8.69. The fourth-order valence-electron chi connectivity index (χ4n) is 2.01. The third-order valence-electron chi connectivity index (χ3n) is 3.11. The van der Waals surface area contributed by atoms with Crippen LogP contribution in [0, 0.1) is 0 Å². The van der Waals surface area contributed by atoms with Crippen molar-refractivity contribution in [2.75, 3.05) is 20.3 Å². The number of carbonyl (C=O) groups is 2. The Morgan fingerprint density at radius 2 is 2.33 bits per heavy atom. The van der Waals surface area contributed by atoms with Crippen LogP contribution in [0.1, 0.15) is 32.1 Å². The van der Waals surface area contributed by atoms with Crippen molar-refractivity contribution in [3.05, 3.63) is 12.2 Å². The van der Waals surface area contributed by atoms with Crippen molar-refractivity contribution in [2.24, 2.45) is 0 Å². The van der Waals surface area contributed by atoms with Gasteiger partial charge in [-0.2, -0.15) is 0 Å². The summed E-state index contributed by atoms with van der Waals surface area (Å²) in [4.78, 5) is 24.1. The molecular formula is C13H21NO4. The monoisotopic (exact) mass is 255 g/mol. The quantitative estimate of drug-likeness (QED) is 0.416. The van der Waals surface area contributed by atoms with E-state index in [1.807, 2.05) is 12.2 Å². The van der Waals surface area contributed by atoms with E-state index in [2.05, 4.69) is 4.74 Å². The molecule has 1 atom stereocenters. The number of amides is 1. The van der Waals surface area contributed by atoms with Crippen molar-refractivity contribution < 1.29 is 19.4 Å². The zero-order valence-corrected chi connectivity index (χ0v) is 10.8. The van der Waals surface area contributed by atoms with E-state index in [1.165, 1.54) is 7.11 Å². The van der Waals surface area contributed by atoms with Crippen LogP contribution in [0.5, 0.6) is 0 Å². The molecule has 0 bridgehead atoms. The smallest absolute Gasteiger partial charge is 0.305 e. The third kappa shape index (κ3) is 4.49. The predicted octanol–water partition coefficient (Wildman–Crippen LogP) is 0.869. The van der Waals surface area contributed by atoms with Crippen LogP contribution < -0.4 is 0 Å². The number of allylic oxidation sites excluding steroid dienone is 1. The molecule has 1 heterocycles. The number of esters is 1. The Hall–Kier alpha value is -1.36. The van der Waals surface area contributed by atoms with Gasteiger partial charge < -0.3 is 14.7 Å².